The third-order valence-corrected chi connectivity index (χ3v) is 4.14. The molecule has 0 saturated carbocycles. The zero-order valence-electron chi connectivity index (χ0n) is 17.0. The van der Waals surface area contributed by atoms with E-state index in [2.05, 4.69) is 0 Å². The van der Waals surface area contributed by atoms with Crippen molar-refractivity contribution in [1.29, 1.82) is 0 Å². The van der Waals surface area contributed by atoms with E-state index in [1.165, 1.54) is 0 Å². The van der Waals surface area contributed by atoms with E-state index in [0.717, 1.165) is 11.1 Å². The molecule has 0 amide bonds. The standard InChI is InChI=1S/C22H27BO6/c1-3-26-21(24)15-9-17-5-11-19(12-6-17)28-23-29-20-13-7-18(8-14-20)10-16-22(25)27-4-2/h5-8,11-14,23H,3-4,9-10,15-16H2,1-2H3. The summed E-state index contributed by atoms with van der Waals surface area (Å²) >= 11 is 0. The lowest BCUT2D eigenvalue weighted by atomic mass is 10.1. The second-order valence-corrected chi connectivity index (χ2v) is 6.30. The number of carbonyl (C=O) groups is 2. The molecule has 0 heterocycles. The first-order valence-corrected chi connectivity index (χ1v) is 9.85. The largest absolute Gasteiger partial charge is 0.576 e. The van der Waals surface area contributed by atoms with Gasteiger partial charge in [0, 0.05) is 12.8 Å². The molecule has 0 unspecified atom stereocenters. The Morgan fingerprint density at radius 1 is 0.690 bits per heavy atom. The Hall–Kier alpha value is -2.96. The summed E-state index contributed by atoms with van der Waals surface area (Å²) in [4.78, 5) is 22.8. The number of hydrogen-bond acceptors (Lipinski definition) is 6. The highest BCUT2D eigenvalue weighted by Gasteiger charge is 2.05. The Balaban J connectivity index is 1.70. The predicted octanol–water partition coefficient (Wildman–Crippen LogP) is 3.40. The molecule has 0 saturated heterocycles. The Bertz CT molecular complexity index is 692. The van der Waals surface area contributed by atoms with Crippen LogP contribution in [0.2, 0.25) is 0 Å². The van der Waals surface area contributed by atoms with Crippen LogP contribution >= 0.6 is 0 Å². The molecule has 2 rings (SSSR count). The minimum absolute atomic E-state index is 0.0876. The SMILES string of the molecule is CCOC(=O)CCc1ccc(OBOc2ccc(CCC(=O)OCC)cc2)cc1. The zero-order valence-corrected chi connectivity index (χ0v) is 17.0. The van der Waals surface area contributed by atoms with E-state index in [1.807, 2.05) is 48.5 Å². The first-order valence-electron chi connectivity index (χ1n) is 9.85. The minimum Gasteiger partial charge on any atom is -0.529 e. The van der Waals surface area contributed by atoms with Crippen LogP contribution < -0.4 is 9.31 Å². The van der Waals surface area contributed by atoms with Gasteiger partial charge in [0.25, 0.3) is 0 Å². The lowest BCUT2D eigenvalue weighted by molar-refractivity contribution is -0.144. The molecule has 2 aromatic carbocycles. The summed E-state index contributed by atoms with van der Waals surface area (Å²) in [6.45, 7) is 4.41. The van der Waals surface area contributed by atoms with Crippen LogP contribution in [-0.2, 0) is 31.9 Å². The van der Waals surface area contributed by atoms with Crippen LogP contribution in [0.25, 0.3) is 0 Å². The Labute approximate surface area is 172 Å². The number of aryl methyl sites for hydroxylation is 2. The molecule has 0 aliphatic carbocycles. The molecule has 0 aromatic heterocycles. The zero-order chi connectivity index (χ0) is 20.9. The average Bonchev–Trinajstić information content (AvgIpc) is 2.73. The van der Waals surface area contributed by atoms with Crippen molar-refractivity contribution in [2.45, 2.75) is 39.5 Å². The molecule has 0 atom stereocenters. The van der Waals surface area contributed by atoms with Gasteiger partial charge < -0.3 is 18.8 Å². The van der Waals surface area contributed by atoms with Gasteiger partial charge in [0.1, 0.15) is 11.5 Å². The van der Waals surface area contributed by atoms with Gasteiger partial charge >= 0.3 is 19.6 Å². The third-order valence-electron chi connectivity index (χ3n) is 4.14. The van der Waals surface area contributed by atoms with Gasteiger partial charge in [-0.15, -0.1) is 0 Å². The predicted molar refractivity (Wildman–Crippen MR) is 111 cm³/mol. The fraction of sp³-hybridized carbons (Fsp3) is 0.364. The second kappa shape index (κ2) is 12.5. The van der Waals surface area contributed by atoms with E-state index in [9.17, 15) is 9.59 Å². The summed E-state index contributed by atoms with van der Waals surface area (Å²) in [5, 5.41) is 0. The van der Waals surface area contributed by atoms with Crippen molar-refractivity contribution >= 4 is 19.6 Å². The molecule has 0 bridgehead atoms. The van der Waals surface area contributed by atoms with Gasteiger partial charge in [0.15, 0.2) is 0 Å². The lowest BCUT2D eigenvalue weighted by Crippen LogP contribution is -2.11. The van der Waals surface area contributed by atoms with Crippen LogP contribution in [0.5, 0.6) is 11.5 Å². The van der Waals surface area contributed by atoms with Crippen LogP contribution in [0.1, 0.15) is 37.8 Å². The quantitative estimate of drug-likeness (QED) is 0.403. The van der Waals surface area contributed by atoms with Crippen LogP contribution in [0.3, 0.4) is 0 Å². The van der Waals surface area contributed by atoms with Gasteiger partial charge in [0.05, 0.1) is 13.2 Å². The van der Waals surface area contributed by atoms with Crippen molar-refractivity contribution in [2.75, 3.05) is 13.2 Å². The summed E-state index contributed by atoms with van der Waals surface area (Å²) in [7, 11) is 0.0876. The second-order valence-electron chi connectivity index (χ2n) is 6.30. The monoisotopic (exact) mass is 398 g/mol. The maximum atomic E-state index is 11.4. The highest BCUT2D eigenvalue weighted by Crippen LogP contribution is 2.16. The van der Waals surface area contributed by atoms with Gasteiger partial charge in [-0.25, -0.2) is 0 Å². The molecule has 0 radical (unpaired) electrons. The summed E-state index contributed by atoms with van der Waals surface area (Å²) < 4.78 is 21.0. The molecule has 0 fully saturated rings. The molecule has 0 aliphatic heterocycles. The number of hydrogen-bond donors (Lipinski definition) is 0. The Kier molecular flexibility index (Phi) is 9.62. The van der Waals surface area contributed by atoms with Gasteiger partial charge in [0.2, 0.25) is 0 Å². The fourth-order valence-electron chi connectivity index (χ4n) is 2.63. The van der Waals surface area contributed by atoms with Crippen molar-refractivity contribution in [1.82, 2.24) is 0 Å². The van der Waals surface area contributed by atoms with Crippen LogP contribution in [0.4, 0.5) is 0 Å². The molecule has 154 valence electrons. The molecule has 0 aliphatic rings. The van der Waals surface area contributed by atoms with Crippen LogP contribution in [0, 0.1) is 0 Å². The molecule has 29 heavy (non-hydrogen) atoms. The smallest absolute Gasteiger partial charge is 0.529 e. The fourth-order valence-corrected chi connectivity index (χ4v) is 2.63. The molecule has 0 N–H and O–H groups in total. The van der Waals surface area contributed by atoms with E-state index >= 15 is 0 Å². The molecule has 0 spiro atoms. The normalized spacial score (nSPS) is 10.1. The van der Waals surface area contributed by atoms with Gasteiger partial charge in [-0.2, -0.15) is 0 Å². The number of rotatable bonds is 12. The van der Waals surface area contributed by atoms with Crippen molar-refractivity contribution in [3.05, 3.63) is 59.7 Å². The molecule has 7 heteroatoms. The van der Waals surface area contributed by atoms with Gasteiger partial charge in [-0.05, 0) is 62.1 Å². The maximum absolute atomic E-state index is 11.4. The summed E-state index contributed by atoms with van der Waals surface area (Å²) in [6.07, 6.45) is 2.01. The number of carbonyl (C=O) groups excluding carboxylic acids is 2. The van der Waals surface area contributed by atoms with E-state index < -0.39 is 0 Å². The molecule has 2 aromatic rings. The highest BCUT2D eigenvalue weighted by atomic mass is 16.6. The molecule has 6 nitrogen and oxygen atoms in total. The van der Waals surface area contributed by atoms with E-state index in [1.54, 1.807) is 13.8 Å². The Morgan fingerprint density at radius 3 is 1.41 bits per heavy atom. The van der Waals surface area contributed by atoms with Crippen molar-refractivity contribution in [2.24, 2.45) is 0 Å². The van der Waals surface area contributed by atoms with Crippen LogP contribution in [-0.4, -0.2) is 32.8 Å². The van der Waals surface area contributed by atoms with E-state index in [4.69, 9.17) is 18.8 Å². The van der Waals surface area contributed by atoms with Crippen molar-refractivity contribution in [3.63, 3.8) is 0 Å². The lowest BCUT2D eigenvalue weighted by Gasteiger charge is -2.09. The average molecular weight is 398 g/mol. The van der Waals surface area contributed by atoms with Gasteiger partial charge in [-0.3, -0.25) is 9.59 Å². The van der Waals surface area contributed by atoms with Crippen molar-refractivity contribution < 1.29 is 28.4 Å². The first kappa shape index (κ1) is 22.3. The maximum Gasteiger partial charge on any atom is 0.576 e. The van der Waals surface area contributed by atoms with Crippen LogP contribution in [0.15, 0.2) is 48.5 Å². The summed E-state index contributed by atoms with van der Waals surface area (Å²) in [5.41, 5.74) is 2.09. The third kappa shape index (κ3) is 8.72. The van der Waals surface area contributed by atoms with Gasteiger partial charge in [-0.1, -0.05) is 24.3 Å². The summed E-state index contributed by atoms with van der Waals surface area (Å²) in [5.74, 6) is 1.01. The minimum atomic E-state index is -0.187. The number of esters is 2. The molecular formula is C22H27BO6. The number of benzene rings is 2. The highest BCUT2D eigenvalue weighted by molar-refractivity contribution is 6.20. The number of ether oxygens (including phenoxy) is 2. The van der Waals surface area contributed by atoms with Crippen molar-refractivity contribution in [3.8, 4) is 11.5 Å². The summed E-state index contributed by atoms with van der Waals surface area (Å²) in [6, 6.07) is 15.1. The topological polar surface area (TPSA) is 71.1 Å². The Morgan fingerprint density at radius 2 is 1.07 bits per heavy atom. The first-order chi connectivity index (χ1) is 14.1. The van der Waals surface area contributed by atoms with E-state index in [-0.39, 0.29) is 19.6 Å². The van der Waals surface area contributed by atoms with E-state index in [0.29, 0.717) is 50.4 Å². The molecular weight excluding hydrogens is 371 g/mol.